The molecule has 0 amide bonds. The number of nitrogens with one attached hydrogen (secondary N) is 1. The number of carbonyl (C=O) groups excluding carboxylic acids is 2. The monoisotopic (exact) mass is 382 g/mol. The van der Waals surface area contributed by atoms with Crippen molar-refractivity contribution in [3.8, 4) is 5.75 Å². The fraction of sp³-hybridized carbons (Fsp3) is 0.100. The van der Waals surface area contributed by atoms with E-state index >= 15 is 0 Å². The lowest BCUT2D eigenvalue weighted by molar-refractivity contribution is -0.143. The van der Waals surface area contributed by atoms with E-state index in [1.165, 1.54) is 36.4 Å². The molecule has 0 saturated heterocycles. The highest BCUT2D eigenvalue weighted by molar-refractivity contribution is 6.17. The summed E-state index contributed by atoms with van der Waals surface area (Å²) >= 11 is 0. The molecule has 2 aromatic carbocycles. The Labute approximate surface area is 160 Å². The molecular weight excluding hydrogens is 364 g/mol. The molecule has 0 aromatic heterocycles. The van der Waals surface area contributed by atoms with E-state index in [9.17, 15) is 14.4 Å². The van der Waals surface area contributed by atoms with Crippen LogP contribution in [-0.2, 0) is 14.3 Å². The number of ether oxygens (including phenoxy) is 2. The Bertz CT molecular complexity index is 930. The average Bonchev–Trinajstić information content (AvgIpc) is 2.66. The Kier molecular flexibility index (Phi) is 6.64. The maximum absolute atomic E-state index is 12.2. The molecule has 0 aliphatic rings. The van der Waals surface area contributed by atoms with Crippen LogP contribution in [0.1, 0.15) is 28.4 Å². The van der Waals surface area contributed by atoms with Crippen molar-refractivity contribution in [2.24, 2.45) is 5.73 Å². The minimum absolute atomic E-state index is 0.0572. The number of benzene rings is 2. The third-order valence-corrected chi connectivity index (χ3v) is 3.56. The van der Waals surface area contributed by atoms with E-state index in [2.05, 4.69) is 0 Å². The van der Waals surface area contributed by atoms with Crippen LogP contribution >= 0.6 is 0 Å². The van der Waals surface area contributed by atoms with E-state index in [-0.39, 0.29) is 23.8 Å². The van der Waals surface area contributed by atoms with Crippen LogP contribution in [0.2, 0.25) is 0 Å². The molecule has 0 aliphatic carbocycles. The first-order valence-corrected chi connectivity index (χ1v) is 8.20. The molecule has 8 heteroatoms. The summed E-state index contributed by atoms with van der Waals surface area (Å²) in [5.41, 5.74) is 6.01. The highest BCUT2D eigenvalue weighted by Crippen LogP contribution is 2.16. The molecule has 8 nitrogen and oxygen atoms in total. The largest absolute Gasteiger partial charge is 0.477 e. The van der Waals surface area contributed by atoms with Crippen LogP contribution in [-0.4, -0.2) is 35.5 Å². The zero-order valence-electron chi connectivity index (χ0n) is 15.0. The Balaban J connectivity index is 2.13. The minimum Gasteiger partial charge on any atom is -0.477 e. The summed E-state index contributed by atoms with van der Waals surface area (Å²) in [4.78, 5) is 35.1. The van der Waals surface area contributed by atoms with E-state index in [1.54, 1.807) is 19.1 Å². The summed E-state index contributed by atoms with van der Waals surface area (Å²) in [5.74, 6) is -2.77. The maximum atomic E-state index is 12.2. The van der Waals surface area contributed by atoms with Crippen LogP contribution in [0, 0.1) is 5.41 Å². The second-order valence-electron chi connectivity index (χ2n) is 5.53. The Morgan fingerprint density at radius 2 is 1.61 bits per heavy atom. The van der Waals surface area contributed by atoms with Crippen LogP contribution in [0.3, 0.4) is 0 Å². The normalized spacial score (nSPS) is 10.8. The highest BCUT2D eigenvalue weighted by Gasteiger charge is 2.18. The number of nitrogens with two attached hydrogens (primary N) is 1. The van der Waals surface area contributed by atoms with Gasteiger partial charge in [0.2, 0.25) is 0 Å². The lowest BCUT2D eigenvalue weighted by Crippen LogP contribution is -2.15. The molecule has 28 heavy (non-hydrogen) atoms. The van der Waals surface area contributed by atoms with Crippen LogP contribution in [0.5, 0.6) is 5.75 Å². The number of esters is 2. The summed E-state index contributed by atoms with van der Waals surface area (Å²) in [7, 11) is 0. The molecular formula is C20H18N2O6. The third-order valence-electron chi connectivity index (χ3n) is 3.56. The van der Waals surface area contributed by atoms with Crippen LogP contribution in [0.15, 0.2) is 54.1 Å². The van der Waals surface area contributed by atoms with Gasteiger partial charge < -0.3 is 20.3 Å². The maximum Gasteiger partial charge on any atom is 0.345 e. The lowest BCUT2D eigenvalue weighted by atomic mass is 10.1. The number of hydrogen-bond donors (Lipinski definition) is 3. The van der Waals surface area contributed by atoms with Gasteiger partial charge in [-0.3, -0.25) is 5.41 Å². The van der Waals surface area contributed by atoms with Gasteiger partial charge in [0.25, 0.3) is 0 Å². The van der Waals surface area contributed by atoms with Gasteiger partial charge in [-0.05, 0) is 55.0 Å². The molecule has 0 radical (unpaired) electrons. The first-order chi connectivity index (χ1) is 13.3. The van der Waals surface area contributed by atoms with Gasteiger partial charge in [-0.25, -0.2) is 14.4 Å². The van der Waals surface area contributed by atoms with Crippen LogP contribution < -0.4 is 10.5 Å². The van der Waals surface area contributed by atoms with Crippen molar-refractivity contribution in [3.63, 3.8) is 0 Å². The molecule has 2 rings (SSSR count). The van der Waals surface area contributed by atoms with Crippen molar-refractivity contribution < 1.29 is 29.0 Å². The number of rotatable bonds is 7. The van der Waals surface area contributed by atoms with Gasteiger partial charge in [0, 0.05) is 5.56 Å². The van der Waals surface area contributed by atoms with Gasteiger partial charge in [-0.2, -0.15) is 0 Å². The molecule has 0 bridgehead atoms. The summed E-state index contributed by atoms with van der Waals surface area (Å²) in [5, 5.41) is 16.5. The van der Waals surface area contributed by atoms with Gasteiger partial charge in [0.15, 0.2) is 0 Å². The van der Waals surface area contributed by atoms with Crippen LogP contribution in [0.25, 0.3) is 6.08 Å². The third kappa shape index (κ3) is 5.28. The second-order valence-corrected chi connectivity index (χ2v) is 5.53. The molecule has 0 atom stereocenters. The number of amidine groups is 1. The number of carboxylic acids is 1. The summed E-state index contributed by atoms with van der Waals surface area (Å²) < 4.78 is 9.94. The zero-order valence-corrected chi connectivity index (χ0v) is 15.0. The Morgan fingerprint density at radius 1 is 1.04 bits per heavy atom. The van der Waals surface area contributed by atoms with E-state index < -0.39 is 23.5 Å². The molecule has 144 valence electrons. The number of carboxylic acid groups (broad SMARTS) is 1. The highest BCUT2D eigenvalue weighted by atomic mass is 16.5. The van der Waals surface area contributed by atoms with Crippen molar-refractivity contribution >= 4 is 29.8 Å². The standard InChI is InChI=1S/C20H18N2O6/c1-2-27-20(26)16(18(23)24)11-12-3-5-14(6-4-12)19(25)28-15-9-7-13(8-10-15)17(21)22/h3-11H,2H2,1H3,(H3,21,22)(H,23,24)/b16-11-. The predicted molar refractivity (Wildman–Crippen MR) is 101 cm³/mol. The molecule has 0 saturated carbocycles. The fourth-order valence-electron chi connectivity index (χ4n) is 2.17. The smallest absolute Gasteiger partial charge is 0.345 e. The first-order valence-electron chi connectivity index (χ1n) is 8.20. The van der Waals surface area contributed by atoms with Crippen molar-refractivity contribution in [1.82, 2.24) is 0 Å². The molecule has 0 aliphatic heterocycles. The second kappa shape index (κ2) is 9.13. The molecule has 0 unspecified atom stereocenters. The molecule has 0 heterocycles. The molecule has 4 N–H and O–H groups in total. The van der Waals surface area contributed by atoms with E-state index in [1.807, 2.05) is 0 Å². The van der Waals surface area contributed by atoms with Crippen molar-refractivity contribution in [2.75, 3.05) is 6.61 Å². The van der Waals surface area contributed by atoms with E-state index in [0.717, 1.165) is 6.08 Å². The van der Waals surface area contributed by atoms with Crippen molar-refractivity contribution in [3.05, 3.63) is 70.8 Å². The molecule has 2 aromatic rings. The summed E-state index contributed by atoms with van der Waals surface area (Å²) in [6.07, 6.45) is 1.16. The quantitative estimate of drug-likeness (QED) is 0.127. The summed E-state index contributed by atoms with van der Waals surface area (Å²) in [6.45, 7) is 1.63. The van der Waals surface area contributed by atoms with Gasteiger partial charge in [0.05, 0.1) is 12.2 Å². The SMILES string of the molecule is CCOC(=O)/C(=C\c1ccc(C(=O)Oc2ccc(C(=N)N)cc2)cc1)C(=O)O. The number of aliphatic carboxylic acids is 1. The number of nitrogen functional groups attached to an aromatic ring is 1. The van der Waals surface area contributed by atoms with Crippen LogP contribution in [0.4, 0.5) is 0 Å². The predicted octanol–water partition coefficient (Wildman–Crippen LogP) is 2.22. The van der Waals surface area contributed by atoms with Crippen molar-refractivity contribution in [1.29, 1.82) is 5.41 Å². The number of hydrogen-bond acceptors (Lipinski definition) is 6. The van der Waals surface area contributed by atoms with Gasteiger partial charge in [0.1, 0.15) is 17.2 Å². The Hall–Kier alpha value is -3.94. The zero-order chi connectivity index (χ0) is 20.7. The summed E-state index contributed by atoms with van der Waals surface area (Å²) in [6, 6.07) is 12.0. The minimum atomic E-state index is -1.41. The van der Waals surface area contributed by atoms with Gasteiger partial charge in [-0.15, -0.1) is 0 Å². The average molecular weight is 382 g/mol. The molecule has 0 spiro atoms. The Morgan fingerprint density at radius 3 is 2.11 bits per heavy atom. The topological polar surface area (TPSA) is 140 Å². The van der Waals surface area contributed by atoms with E-state index in [0.29, 0.717) is 11.1 Å². The van der Waals surface area contributed by atoms with Crippen molar-refractivity contribution in [2.45, 2.75) is 6.92 Å². The number of carbonyl (C=O) groups is 3. The first kappa shape index (κ1) is 20.4. The lowest BCUT2D eigenvalue weighted by Gasteiger charge is -2.06. The fourth-order valence-corrected chi connectivity index (χ4v) is 2.17. The molecule has 0 fully saturated rings. The van der Waals surface area contributed by atoms with Gasteiger partial charge >= 0.3 is 17.9 Å². The van der Waals surface area contributed by atoms with E-state index in [4.69, 9.17) is 25.7 Å². The van der Waals surface area contributed by atoms with Gasteiger partial charge in [-0.1, -0.05) is 12.1 Å².